The Morgan fingerprint density at radius 1 is 1.07 bits per heavy atom. The molecule has 3 unspecified atom stereocenters. The van der Waals surface area contributed by atoms with Crippen molar-refractivity contribution in [2.45, 2.75) is 24.4 Å². The van der Waals surface area contributed by atoms with E-state index >= 15 is 0 Å². The molecule has 20 heteroatoms. The molecule has 1 aliphatic heterocycles. The van der Waals surface area contributed by atoms with Crippen LogP contribution >= 0.6 is 23.5 Å². The third-order valence-corrected chi connectivity index (χ3v) is 7.18. The molecule has 1 saturated heterocycles. The van der Waals surface area contributed by atoms with Crippen LogP contribution in [0.3, 0.4) is 0 Å². The molecule has 0 aliphatic carbocycles. The highest BCUT2D eigenvalue weighted by Crippen LogP contribution is 2.67. The Morgan fingerprint density at radius 2 is 1.69 bits per heavy atom. The van der Waals surface area contributed by atoms with Crippen molar-refractivity contribution in [3.8, 4) is 0 Å². The Morgan fingerprint density at radius 3 is 2.21 bits per heavy atom. The summed E-state index contributed by atoms with van der Waals surface area (Å²) < 4.78 is 50.8. The van der Waals surface area contributed by atoms with Gasteiger partial charge < -0.3 is 39.5 Å². The van der Waals surface area contributed by atoms with Crippen LogP contribution in [0.4, 0.5) is 0 Å². The second kappa shape index (κ2) is 8.61. The number of H-pyrrole nitrogens is 2. The number of aliphatic hydroxyl groups is 2. The van der Waals surface area contributed by atoms with E-state index in [0.29, 0.717) is 0 Å². The number of aromatic nitrogens is 2. The molecule has 0 amide bonds. The van der Waals surface area contributed by atoms with Crippen LogP contribution in [0.5, 0.6) is 0 Å². The first-order valence-corrected chi connectivity index (χ1v) is 11.7. The van der Waals surface area contributed by atoms with E-state index in [-0.39, 0.29) is 0 Å². The van der Waals surface area contributed by atoms with E-state index < -0.39 is 71.3 Å². The summed E-state index contributed by atoms with van der Waals surface area (Å²) in [4.78, 5) is 62.7. The lowest BCUT2D eigenvalue weighted by Gasteiger charge is -2.23. The molecule has 8 N–H and O–H groups in total. The smallest absolute Gasteiger partial charge is 0.394 e. The highest BCUT2D eigenvalue weighted by molar-refractivity contribution is 7.66. The third kappa shape index (κ3) is 6.47. The van der Waals surface area contributed by atoms with Crippen LogP contribution < -0.4 is 11.2 Å². The van der Waals surface area contributed by atoms with Gasteiger partial charge in [-0.2, -0.15) is 8.62 Å². The molecule has 2 rings (SSSR count). The van der Waals surface area contributed by atoms with Crippen molar-refractivity contribution in [1.29, 1.82) is 0 Å². The van der Waals surface area contributed by atoms with Gasteiger partial charge in [0, 0.05) is 6.20 Å². The highest BCUT2D eigenvalue weighted by atomic mass is 31.3. The second-order valence-corrected chi connectivity index (χ2v) is 9.83. The first-order valence-electron chi connectivity index (χ1n) is 7.22. The quantitative estimate of drug-likeness (QED) is 0.178. The Balaban J connectivity index is 2.32. The Hall–Kier alpha value is -1.03. The van der Waals surface area contributed by atoms with E-state index in [1.807, 2.05) is 4.98 Å². The van der Waals surface area contributed by atoms with Crippen molar-refractivity contribution in [3.05, 3.63) is 32.6 Å². The summed E-state index contributed by atoms with van der Waals surface area (Å²) in [6, 6.07) is 0. The maximum atomic E-state index is 12.0. The molecule has 29 heavy (non-hydrogen) atoms. The van der Waals surface area contributed by atoms with Crippen LogP contribution in [0.25, 0.3) is 0 Å². The molecular formula is C9H15N2O15P3. The summed E-state index contributed by atoms with van der Waals surface area (Å²) >= 11 is 0. The van der Waals surface area contributed by atoms with Crippen LogP contribution in [0, 0.1) is 0 Å². The Labute approximate surface area is 159 Å². The van der Waals surface area contributed by atoms with Crippen molar-refractivity contribution >= 4 is 23.5 Å². The summed E-state index contributed by atoms with van der Waals surface area (Å²) in [5.74, 6) is 0. The number of aromatic amines is 2. The van der Waals surface area contributed by atoms with Gasteiger partial charge in [-0.3, -0.25) is 14.3 Å². The zero-order valence-electron chi connectivity index (χ0n) is 13.8. The molecular weight excluding hydrogens is 469 g/mol. The standard InChI is InChI=1S/C9H15N2O15P3/c12-2-4-5(13)7(6(23-4)3-1-10-9(15)11-8(3)14)24-28(19,20)26-29(21,22)25-27(16,17)18/h1,4-7,12-13H,2H2,(H,19,20)(H,21,22)(H2,16,17,18)(H2,10,11,14,15)/t4-,5-,6?,7-/m1/s1. The second-order valence-electron chi connectivity index (χ2n) is 5.46. The van der Waals surface area contributed by atoms with Crippen LogP contribution in [0.1, 0.15) is 11.7 Å². The van der Waals surface area contributed by atoms with E-state index in [1.54, 1.807) is 0 Å². The zero-order valence-corrected chi connectivity index (χ0v) is 16.5. The number of hydrogen-bond donors (Lipinski definition) is 8. The number of rotatable bonds is 8. The van der Waals surface area contributed by atoms with E-state index in [9.17, 15) is 38.4 Å². The molecule has 166 valence electrons. The Kier molecular flexibility index (Phi) is 7.20. The van der Waals surface area contributed by atoms with Crippen molar-refractivity contribution in [2.75, 3.05) is 6.61 Å². The van der Waals surface area contributed by atoms with Gasteiger partial charge in [0.05, 0.1) is 12.2 Å². The lowest BCUT2D eigenvalue weighted by Crippen LogP contribution is -2.35. The number of aliphatic hydroxyl groups excluding tert-OH is 2. The van der Waals surface area contributed by atoms with Crippen molar-refractivity contribution < 1.29 is 61.4 Å². The van der Waals surface area contributed by atoms with Gasteiger partial charge in [-0.1, -0.05) is 0 Å². The third-order valence-electron chi connectivity index (χ3n) is 3.34. The van der Waals surface area contributed by atoms with Gasteiger partial charge in [-0.25, -0.2) is 18.5 Å². The maximum Gasteiger partial charge on any atom is 0.490 e. The van der Waals surface area contributed by atoms with Gasteiger partial charge in [-0.05, 0) is 0 Å². The van der Waals surface area contributed by atoms with E-state index in [0.717, 1.165) is 6.20 Å². The fraction of sp³-hybridized carbons (Fsp3) is 0.556. The largest absolute Gasteiger partial charge is 0.490 e. The highest BCUT2D eigenvalue weighted by Gasteiger charge is 2.51. The number of ether oxygens (including phenoxy) is 1. The predicted octanol–water partition coefficient (Wildman–Crippen LogP) is -2.43. The summed E-state index contributed by atoms with van der Waals surface area (Å²) in [5.41, 5.74) is -2.40. The Bertz CT molecular complexity index is 997. The minimum atomic E-state index is -5.83. The molecule has 1 fully saturated rings. The van der Waals surface area contributed by atoms with Gasteiger partial charge in [0.1, 0.15) is 24.4 Å². The fourth-order valence-corrected chi connectivity index (χ4v) is 5.54. The molecule has 1 aliphatic rings. The lowest BCUT2D eigenvalue weighted by molar-refractivity contribution is -0.0232. The molecule has 0 bridgehead atoms. The summed E-state index contributed by atoms with van der Waals surface area (Å²) in [5, 5.41) is 19.3. The molecule has 0 saturated carbocycles. The van der Waals surface area contributed by atoms with E-state index in [1.165, 1.54) is 0 Å². The van der Waals surface area contributed by atoms with Gasteiger partial charge in [0.15, 0.2) is 0 Å². The molecule has 0 aromatic carbocycles. The van der Waals surface area contributed by atoms with Crippen molar-refractivity contribution in [2.24, 2.45) is 0 Å². The first kappa shape index (κ1) is 24.2. The number of phosphoric acid groups is 3. The molecule has 6 atom stereocenters. The number of phosphoric ester groups is 1. The van der Waals surface area contributed by atoms with Crippen LogP contribution in [0.15, 0.2) is 15.8 Å². The first-order chi connectivity index (χ1) is 13.1. The summed E-state index contributed by atoms with van der Waals surface area (Å²) in [6.45, 7) is -0.852. The van der Waals surface area contributed by atoms with Gasteiger partial charge in [0.2, 0.25) is 0 Å². The monoisotopic (exact) mass is 484 g/mol. The number of hydrogen-bond acceptors (Lipinski definition) is 11. The van der Waals surface area contributed by atoms with Crippen molar-refractivity contribution in [1.82, 2.24) is 9.97 Å². The predicted molar refractivity (Wildman–Crippen MR) is 87.1 cm³/mol. The van der Waals surface area contributed by atoms with Crippen LogP contribution in [-0.4, -0.2) is 64.7 Å². The topological polar surface area (TPSA) is 275 Å². The van der Waals surface area contributed by atoms with Gasteiger partial charge in [-0.15, -0.1) is 0 Å². The molecule has 17 nitrogen and oxygen atoms in total. The van der Waals surface area contributed by atoms with Crippen LogP contribution in [0.2, 0.25) is 0 Å². The van der Waals surface area contributed by atoms with Crippen LogP contribution in [-0.2, 0) is 31.6 Å². The average Bonchev–Trinajstić information content (AvgIpc) is 2.79. The zero-order chi connectivity index (χ0) is 22.2. The van der Waals surface area contributed by atoms with Gasteiger partial charge in [0.25, 0.3) is 5.56 Å². The molecule has 2 heterocycles. The summed E-state index contributed by atoms with van der Waals surface area (Å²) in [6.07, 6.45) is -6.19. The molecule has 0 radical (unpaired) electrons. The molecule has 1 aromatic heterocycles. The normalized spacial score (nSPS) is 29.3. The minimum Gasteiger partial charge on any atom is -0.394 e. The van der Waals surface area contributed by atoms with Gasteiger partial charge >= 0.3 is 29.2 Å². The average molecular weight is 484 g/mol. The summed E-state index contributed by atoms with van der Waals surface area (Å²) in [7, 11) is -17.1. The SMILES string of the molecule is O=c1[nH]cc(C2O[C@H](CO)[C@@H](O)[C@H]2OP(=O)(O)OP(=O)(O)OP(=O)(O)O)c(=O)[nH]1. The molecule has 1 aromatic rings. The number of nitrogens with one attached hydrogen (secondary N) is 2. The van der Waals surface area contributed by atoms with E-state index in [2.05, 4.69) is 18.1 Å². The molecule has 0 spiro atoms. The van der Waals surface area contributed by atoms with Crippen molar-refractivity contribution in [3.63, 3.8) is 0 Å². The lowest BCUT2D eigenvalue weighted by atomic mass is 10.0. The minimum absolute atomic E-state index is 0.428. The van der Waals surface area contributed by atoms with E-state index in [4.69, 9.17) is 19.4 Å². The maximum absolute atomic E-state index is 12.0. The fourth-order valence-electron chi connectivity index (χ4n) is 2.34.